The van der Waals surface area contributed by atoms with Crippen LogP contribution in [0.25, 0.3) is 0 Å². The highest BCUT2D eigenvalue weighted by Crippen LogP contribution is 2.22. The third-order valence-electron chi connectivity index (χ3n) is 4.60. The first-order chi connectivity index (χ1) is 9.31. The molecular formula is C15H26N4. The molecule has 1 saturated carbocycles. The molecule has 0 radical (unpaired) electrons. The molecule has 106 valence electrons. The molecule has 0 amide bonds. The Morgan fingerprint density at radius 2 is 2.11 bits per heavy atom. The number of aromatic nitrogens is 2. The fourth-order valence-corrected chi connectivity index (χ4v) is 3.48. The van der Waals surface area contributed by atoms with Crippen molar-refractivity contribution in [3.05, 3.63) is 12.4 Å². The monoisotopic (exact) mass is 262 g/mol. The number of anilines is 1. The molecule has 1 aliphatic heterocycles. The highest BCUT2D eigenvalue weighted by atomic mass is 15.2. The topological polar surface area (TPSA) is 33.1 Å². The van der Waals surface area contributed by atoms with Crippen molar-refractivity contribution in [2.75, 3.05) is 25.5 Å². The van der Waals surface area contributed by atoms with Gasteiger partial charge in [0.05, 0.1) is 0 Å². The lowest BCUT2D eigenvalue weighted by atomic mass is 9.96. The van der Waals surface area contributed by atoms with E-state index in [1.54, 1.807) is 0 Å². The average Bonchev–Trinajstić information content (AvgIpc) is 3.01. The standard InChI is InChI=1S/C15H26N4/c1-18-9-7-13(11-18)12-19-10-8-16-15(19)17-14-5-3-2-4-6-14/h8,10,13-14H,2-7,9,11-12H2,1H3,(H,16,17). The maximum absolute atomic E-state index is 4.51. The van der Waals surface area contributed by atoms with Gasteiger partial charge in [0.1, 0.15) is 0 Å². The summed E-state index contributed by atoms with van der Waals surface area (Å²) >= 11 is 0. The largest absolute Gasteiger partial charge is 0.353 e. The van der Waals surface area contributed by atoms with Crippen molar-refractivity contribution in [2.24, 2.45) is 5.92 Å². The van der Waals surface area contributed by atoms with Gasteiger partial charge in [0, 0.05) is 31.5 Å². The summed E-state index contributed by atoms with van der Waals surface area (Å²) in [4.78, 5) is 6.94. The molecular weight excluding hydrogens is 236 g/mol. The lowest BCUT2D eigenvalue weighted by molar-refractivity contribution is 0.378. The van der Waals surface area contributed by atoms with Crippen LogP contribution in [-0.2, 0) is 6.54 Å². The zero-order valence-corrected chi connectivity index (χ0v) is 12.0. The molecule has 2 fully saturated rings. The normalized spacial score (nSPS) is 25.8. The van der Waals surface area contributed by atoms with Gasteiger partial charge in [-0.2, -0.15) is 0 Å². The summed E-state index contributed by atoms with van der Waals surface area (Å²) in [6.45, 7) is 3.57. The highest BCUT2D eigenvalue weighted by Gasteiger charge is 2.21. The minimum atomic E-state index is 0.640. The van der Waals surface area contributed by atoms with Crippen LogP contribution in [0.2, 0.25) is 0 Å². The Bertz CT molecular complexity index is 373. The van der Waals surface area contributed by atoms with E-state index < -0.39 is 0 Å². The Morgan fingerprint density at radius 3 is 2.84 bits per heavy atom. The fourth-order valence-electron chi connectivity index (χ4n) is 3.48. The Balaban J connectivity index is 1.58. The molecule has 0 spiro atoms. The van der Waals surface area contributed by atoms with E-state index in [4.69, 9.17) is 0 Å². The van der Waals surface area contributed by atoms with Gasteiger partial charge in [-0.15, -0.1) is 0 Å². The molecule has 2 heterocycles. The van der Waals surface area contributed by atoms with Crippen LogP contribution < -0.4 is 5.32 Å². The van der Waals surface area contributed by atoms with Crippen molar-refractivity contribution >= 4 is 5.95 Å². The number of imidazole rings is 1. The number of hydrogen-bond donors (Lipinski definition) is 1. The van der Waals surface area contributed by atoms with Crippen molar-refractivity contribution in [2.45, 2.75) is 51.1 Å². The van der Waals surface area contributed by atoms with Crippen LogP contribution in [0.1, 0.15) is 38.5 Å². The van der Waals surface area contributed by atoms with E-state index in [0.29, 0.717) is 6.04 Å². The van der Waals surface area contributed by atoms with Gasteiger partial charge >= 0.3 is 0 Å². The van der Waals surface area contributed by atoms with Gasteiger partial charge in [0.25, 0.3) is 0 Å². The van der Waals surface area contributed by atoms with E-state index in [9.17, 15) is 0 Å². The van der Waals surface area contributed by atoms with E-state index in [1.165, 1.54) is 51.6 Å². The third kappa shape index (κ3) is 3.30. The number of likely N-dealkylation sites (tertiary alicyclic amines) is 1. The van der Waals surface area contributed by atoms with Gasteiger partial charge in [-0.3, -0.25) is 0 Å². The first-order valence-electron chi connectivity index (χ1n) is 7.77. The average molecular weight is 262 g/mol. The summed E-state index contributed by atoms with van der Waals surface area (Å²) in [7, 11) is 2.22. The van der Waals surface area contributed by atoms with Crippen LogP contribution in [0.4, 0.5) is 5.95 Å². The summed E-state index contributed by atoms with van der Waals surface area (Å²) in [6, 6.07) is 0.640. The minimum absolute atomic E-state index is 0.640. The Labute approximate surface area is 116 Å². The van der Waals surface area contributed by atoms with Crippen molar-refractivity contribution in [1.82, 2.24) is 14.5 Å². The first-order valence-corrected chi connectivity index (χ1v) is 7.77. The van der Waals surface area contributed by atoms with E-state index in [-0.39, 0.29) is 0 Å². The van der Waals surface area contributed by atoms with E-state index in [2.05, 4.69) is 33.0 Å². The third-order valence-corrected chi connectivity index (χ3v) is 4.60. The molecule has 1 unspecified atom stereocenters. The molecule has 2 aliphatic rings. The van der Waals surface area contributed by atoms with Crippen LogP contribution in [0.5, 0.6) is 0 Å². The summed E-state index contributed by atoms with van der Waals surface area (Å²) < 4.78 is 2.32. The van der Waals surface area contributed by atoms with Gasteiger partial charge < -0.3 is 14.8 Å². The maximum atomic E-state index is 4.51. The van der Waals surface area contributed by atoms with Gasteiger partial charge in [0.2, 0.25) is 5.95 Å². The zero-order chi connectivity index (χ0) is 13.1. The molecule has 19 heavy (non-hydrogen) atoms. The van der Waals surface area contributed by atoms with Gasteiger partial charge in [0.15, 0.2) is 0 Å². The molecule has 1 aliphatic carbocycles. The second-order valence-corrected chi connectivity index (χ2v) is 6.30. The number of hydrogen-bond acceptors (Lipinski definition) is 3. The smallest absolute Gasteiger partial charge is 0.202 e. The van der Waals surface area contributed by atoms with E-state index in [0.717, 1.165) is 18.4 Å². The summed E-state index contributed by atoms with van der Waals surface area (Å²) in [6.07, 6.45) is 12.1. The molecule has 4 heteroatoms. The Kier molecular flexibility index (Phi) is 4.06. The summed E-state index contributed by atoms with van der Waals surface area (Å²) in [5.41, 5.74) is 0. The van der Waals surface area contributed by atoms with Crippen molar-refractivity contribution < 1.29 is 0 Å². The number of nitrogens with one attached hydrogen (secondary N) is 1. The van der Waals surface area contributed by atoms with Crippen LogP contribution in [0.15, 0.2) is 12.4 Å². The number of rotatable bonds is 4. The molecule has 4 nitrogen and oxygen atoms in total. The molecule has 0 aromatic carbocycles. The minimum Gasteiger partial charge on any atom is -0.353 e. The van der Waals surface area contributed by atoms with E-state index >= 15 is 0 Å². The second-order valence-electron chi connectivity index (χ2n) is 6.30. The predicted molar refractivity (Wildman–Crippen MR) is 78.3 cm³/mol. The predicted octanol–water partition coefficient (Wildman–Crippen LogP) is 2.58. The quantitative estimate of drug-likeness (QED) is 0.905. The first kappa shape index (κ1) is 13.0. The Hall–Kier alpha value is -1.03. The van der Waals surface area contributed by atoms with Crippen molar-refractivity contribution in [3.63, 3.8) is 0 Å². The fraction of sp³-hybridized carbons (Fsp3) is 0.800. The maximum Gasteiger partial charge on any atom is 0.202 e. The van der Waals surface area contributed by atoms with Gasteiger partial charge in [-0.25, -0.2) is 4.98 Å². The SMILES string of the molecule is CN1CCC(Cn2ccnc2NC2CCCCC2)C1. The van der Waals surface area contributed by atoms with Crippen LogP contribution in [-0.4, -0.2) is 40.6 Å². The summed E-state index contributed by atoms with van der Waals surface area (Å²) in [5, 5.41) is 3.65. The molecule has 1 saturated heterocycles. The lowest BCUT2D eigenvalue weighted by Crippen LogP contribution is -2.25. The molecule has 1 aromatic heterocycles. The Morgan fingerprint density at radius 1 is 1.26 bits per heavy atom. The number of nitrogens with zero attached hydrogens (tertiary/aromatic N) is 3. The molecule has 1 aromatic rings. The van der Waals surface area contributed by atoms with Crippen LogP contribution >= 0.6 is 0 Å². The lowest BCUT2D eigenvalue weighted by Gasteiger charge is -2.24. The van der Waals surface area contributed by atoms with E-state index in [1.807, 2.05) is 6.20 Å². The van der Waals surface area contributed by atoms with Gasteiger partial charge in [-0.1, -0.05) is 19.3 Å². The molecule has 3 rings (SSSR count). The van der Waals surface area contributed by atoms with Crippen molar-refractivity contribution in [3.8, 4) is 0 Å². The second kappa shape index (κ2) is 5.95. The van der Waals surface area contributed by atoms with Crippen LogP contribution in [0, 0.1) is 5.92 Å². The zero-order valence-electron chi connectivity index (χ0n) is 12.0. The van der Waals surface area contributed by atoms with Crippen LogP contribution in [0.3, 0.4) is 0 Å². The molecule has 1 N–H and O–H groups in total. The van der Waals surface area contributed by atoms with Crippen molar-refractivity contribution in [1.29, 1.82) is 0 Å². The van der Waals surface area contributed by atoms with Gasteiger partial charge in [-0.05, 0) is 38.8 Å². The molecule has 0 bridgehead atoms. The summed E-state index contributed by atoms with van der Waals surface area (Å²) in [5.74, 6) is 1.87. The molecule has 1 atom stereocenters. The highest BCUT2D eigenvalue weighted by molar-refractivity contribution is 5.27.